The summed E-state index contributed by atoms with van der Waals surface area (Å²) in [6, 6.07) is 13.4. The van der Waals surface area contributed by atoms with Gasteiger partial charge >= 0.3 is 5.97 Å². The molecule has 1 amide bonds. The standard InChI is InChI=1S/C21H24FN3O3/c1-23(2)19-5-3-4-16(14-19)21(27)28-15-20(26)25-12-10-24(11-13-25)18-8-6-17(22)7-9-18/h3-9,14H,10-13,15H2,1-2H3. The van der Waals surface area contributed by atoms with E-state index >= 15 is 0 Å². The lowest BCUT2D eigenvalue weighted by Crippen LogP contribution is -2.49. The van der Waals surface area contributed by atoms with Crippen LogP contribution in [-0.2, 0) is 9.53 Å². The van der Waals surface area contributed by atoms with Gasteiger partial charge in [0, 0.05) is 51.6 Å². The van der Waals surface area contributed by atoms with Gasteiger partial charge in [-0.1, -0.05) is 6.07 Å². The molecule has 0 N–H and O–H groups in total. The summed E-state index contributed by atoms with van der Waals surface area (Å²) >= 11 is 0. The van der Waals surface area contributed by atoms with Crippen molar-refractivity contribution in [2.45, 2.75) is 0 Å². The van der Waals surface area contributed by atoms with Crippen LogP contribution in [0.25, 0.3) is 0 Å². The second-order valence-electron chi connectivity index (χ2n) is 6.87. The van der Waals surface area contributed by atoms with Crippen molar-refractivity contribution < 1.29 is 18.7 Å². The smallest absolute Gasteiger partial charge is 0.338 e. The molecule has 2 aromatic carbocycles. The van der Waals surface area contributed by atoms with Crippen LogP contribution >= 0.6 is 0 Å². The molecule has 1 aliphatic heterocycles. The van der Waals surface area contributed by atoms with Crippen molar-refractivity contribution in [1.82, 2.24) is 4.90 Å². The van der Waals surface area contributed by atoms with E-state index in [0.717, 1.165) is 11.4 Å². The molecule has 0 bridgehead atoms. The van der Waals surface area contributed by atoms with Gasteiger partial charge in [-0.05, 0) is 42.5 Å². The van der Waals surface area contributed by atoms with E-state index in [4.69, 9.17) is 4.74 Å². The normalized spacial score (nSPS) is 14.0. The molecule has 1 fully saturated rings. The largest absolute Gasteiger partial charge is 0.452 e. The molecule has 1 heterocycles. The van der Waals surface area contributed by atoms with Gasteiger partial charge in [0.1, 0.15) is 5.82 Å². The van der Waals surface area contributed by atoms with Crippen LogP contribution in [-0.4, -0.2) is 63.7 Å². The first-order valence-corrected chi connectivity index (χ1v) is 9.17. The fourth-order valence-corrected chi connectivity index (χ4v) is 3.08. The summed E-state index contributed by atoms with van der Waals surface area (Å²) < 4.78 is 18.2. The molecule has 0 atom stereocenters. The average Bonchev–Trinajstić information content (AvgIpc) is 2.72. The minimum atomic E-state index is -0.512. The Morgan fingerprint density at radius 1 is 1.04 bits per heavy atom. The zero-order valence-electron chi connectivity index (χ0n) is 16.1. The number of halogens is 1. The Labute approximate surface area is 164 Å². The number of benzene rings is 2. The third kappa shape index (κ3) is 4.79. The predicted octanol–water partition coefficient (Wildman–Crippen LogP) is 2.40. The molecule has 0 radical (unpaired) electrons. The third-order valence-corrected chi connectivity index (χ3v) is 4.75. The van der Waals surface area contributed by atoms with Crippen LogP contribution < -0.4 is 9.80 Å². The first-order valence-electron chi connectivity index (χ1n) is 9.17. The monoisotopic (exact) mass is 385 g/mol. The Hall–Kier alpha value is -3.09. The Bertz CT molecular complexity index is 831. The molecule has 6 nitrogen and oxygen atoms in total. The second-order valence-corrected chi connectivity index (χ2v) is 6.87. The van der Waals surface area contributed by atoms with Crippen LogP contribution in [0.5, 0.6) is 0 Å². The van der Waals surface area contributed by atoms with E-state index in [1.165, 1.54) is 12.1 Å². The summed E-state index contributed by atoms with van der Waals surface area (Å²) in [4.78, 5) is 30.3. The van der Waals surface area contributed by atoms with Crippen LogP contribution in [0, 0.1) is 5.82 Å². The van der Waals surface area contributed by atoms with Crippen LogP contribution in [0.2, 0.25) is 0 Å². The minimum absolute atomic E-state index is 0.212. The Morgan fingerprint density at radius 3 is 2.36 bits per heavy atom. The lowest BCUT2D eigenvalue weighted by molar-refractivity contribution is -0.134. The van der Waals surface area contributed by atoms with Crippen LogP contribution in [0.3, 0.4) is 0 Å². The summed E-state index contributed by atoms with van der Waals surface area (Å²) in [6.45, 7) is 2.09. The van der Waals surface area contributed by atoms with Crippen LogP contribution in [0.1, 0.15) is 10.4 Å². The molecule has 0 unspecified atom stereocenters. The number of hydrogen-bond acceptors (Lipinski definition) is 5. The molecular weight excluding hydrogens is 361 g/mol. The predicted molar refractivity (Wildman–Crippen MR) is 106 cm³/mol. The number of esters is 1. The molecule has 1 saturated heterocycles. The van der Waals surface area contributed by atoms with E-state index in [9.17, 15) is 14.0 Å². The summed E-state index contributed by atoms with van der Waals surface area (Å²) in [5.74, 6) is -0.992. The molecule has 28 heavy (non-hydrogen) atoms. The van der Waals surface area contributed by atoms with E-state index in [1.807, 2.05) is 25.1 Å². The van der Waals surface area contributed by atoms with Gasteiger partial charge < -0.3 is 19.4 Å². The number of carbonyl (C=O) groups is 2. The first-order chi connectivity index (χ1) is 13.4. The maximum atomic E-state index is 13.0. The number of piperazine rings is 1. The fraction of sp³-hybridized carbons (Fsp3) is 0.333. The molecule has 0 spiro atoms. The van der Waals surface area contributed by atoms with E-state index in [0.29, 0.717) is 31.7 Å². The van der Waals surface area contributed by atoms with Crippen molar-refractivity contribution >= 4 is 23.3 Å². The molecule has 148 valence electrons. The Morgan fingerprint density at radius 2 is 1.71 bits per heavy atom. The highest BCUT2D eigenvalue weighted by molar-refractivity contribution is 5.92. The van der Waals surface area contributed by atoms with Gasteiger partial charge in [0.05, 0.1) is 5.56 Å². The van der Waals surface area contributed by atoms with Gasteiger partial charge in [0.2, 0.25) is 0 Å². The number of rotatable bonds is 5. The quantitative estimate of drug-likeness (QED) is 0.740. The fourth-order valence-electron chi connectivity index (χ4n) is 3.08. The SMILES string of the molecule is CN(C)c1cccc(C(=O)OCC(=O)N2CCN(c3ccc(F)cc3)CC2)c1. The lowest BCUT2D eigenvalue weighted by Gasteiger charge is -2.36. The molecule has 1 aliphatic rings. The average molecular weight is 385 g/mol. The number of anilines is 2. The Balaban J connectivity index is 1.48. The van der Waals surface area contributed by atoms with Crippen molar-refractivity contribution in [2.24, 2.45) is 0 Å². The third-order valence-electron chi connectivity index (χ3n) is 4.75. The van der Waals surface area contributed by atoms with E-state index in [2.05, 4.69) is 4.90 Å². The van der Waals surface area contributed by atoms with Crippen molar-refractivity contribution in [3.63, 3.8) is 0 Å². The van der Waals surface area contributed by atoms with Crippen LogP contribution in [0.15, 0.2) is 48.5 Å². The van der Waals surface area contributed by atoms with Gasteiger partial charge in [0.15, 0.2) is 6.61 Å². The van der Waals surface area contributed by atoms with E-state index < -0.39 is 5.97 Å². The molecule has 0 saturated carbocycles. The van der Waals surface area contributed by atoms with Gasteiger partial charge in [-0.3, -0.25) is 4.79 Å². The van der Waals surface area contributed by atoms with Crippen molar-refractivity contribution in [3.05, 3.63) is 59.9 Å². The second kappa shape index (κ2) is 8.73. The highest BCUT2D eigenvalue weighted by Crippen LogP contribution is 2.17. The lowest BCUT2D eigenvalue weighted by atomic mass is 10.2. The number of nitrogens with zero attached hydrogens (tertiary/aromatic N) is 3. The number of amides is 1. The summed E-state index contributed by atoms with van der Waals surface area (Å²) in [7, 11) is 3.78. The maximum Gasteiger partial charge on any atom is 0.338 e. The van der Waals surface area contributed by atoms with Crippen LogP contribution in [0.4, 0.5) is 15.8 Å². The molecule has 3 rings (SSSR count). The number of ether oxygens (including phenoxy) is 1. The molecule has 7 heteroatoms. The van der Waals surface area contributed by atoms with E-state index in [1.54, 1.807) is 35.2 Å². The highest BCUT2D eigenvalue weighted by atomic mass is 19.1. The Kier molecular flexibility index (Phi) is 6.13. The van der Waals surface area contributed by atoms with Crippen molar-refractivity contribution in [1.29, 1.82) is 0 Å². The number of hydrogen-bond donors (Lipinski definition) is 0. The van der Waals surface area contributed by atoms with E-state index in [-0.39, 0.29) is 18.3 Å². The molecule has 0 aromatic heterocycles. The van der Waals surface area contributed by atoms with Gasteiger partial charge in [-0.2, -0.15) is 0 Å². The topological polar surface area (TPSA) is 53.1 Å². The summed E-state index contributed by atoms with van der Waals surface area (Å²) in [5, 5.41) is 0. The van der Waals surface area contributed by atoms with Crippen molar-refractivity contribution in [2.75, 3.05) is 56.7 Å². The first kappa shape index (κ1) is 19.7. The highest BCUT2D eigenvalue weighted by Gasteiger charge is 2.22. The van der Waals surface area contributed by atoms with Gasteiger partial charge in [-0.15, -0.1) is 0 Å². The van der Waals surface area contributed by atoms with Gasteiger partial charge in [-0.25, -0.2) is 9.18 Å². The maximum absolute atomic E-state index is 13.0. The zero-order chi connectivity index (χ0) is 20.1. The number of carbonyl (C=O) groups excluding carboxylic acids is 2. The van der Waals surface area contributed by atoms with Crippen molar-refractivity contribution in [3.8, 4) is 0 Å². The molecule has 2 aromatic rings. The van der Waals surface area contributed by atoms with Gasteiger partial charge in [0.25, 0.3) is 5.91 Å². The molecular formula is C21H24FN3O3. The summed E-state index contributed by atoms with van der Waals surface area (Å²) in [6.07, 6.45) is 0. The minimum Gasteiger partial charge on any atom is -0.452 e. The zero-order valence-corrected chi connectivity index (χ0v) is 16.1. The molecule has 0 aliphatic carbocycles. The summed E-state index contributed by atoms with van der Waals surface area (Å²) in [5.41, 5.74) is 2.23.